The number of fused-ring (bicyclic) bond motifs is 1. The summed E-state index contributed by atoms with van der Waals surface area (Å²) in [6.07, 6.45) is 0. The molecule has 2 aromatic carbocycles. The number of aryl methyl sites for hydroxylation is 2. The summed E-state index contributed by atoms with van der Waals surface area (Å²) in [7, 11) is 0. The first kappa shape index (κ1) is 13.1. The molecule has 100 valence electrons. The number of rotatable bonds is 1. The van der Waals surface area contributed by atoms with Crippen molar-refractivity contribution in [3.05, 3.63) is 68.4 Å². The molecule has 0 aliphatic heterocycles. The average molecular weight is 328 g/mol. The summed E-state index contributed by atoms with van der Waals surface area (Å²) < 4.78 is 0.935. The van der Waals surface area contributed by atoms with Gasteiger partial charge in [-0.3, -0.25) is 4.79 Å². The topological polar surface area (TPSA) is 32.9 Å². The molecule has 1 N–H and O–H groups in total. The summed E-state index contributed by atoms with van der Waals surface area (Å²) in [5, 5.41) is 1.66. The minimum Gasteiger partial charge on any atom is -0.320 e. The van der Waals surface area contributed by atoms with E-state index in [9.17, 15) is 4.79 Å². The van der Waals surface area contributed by atoms with Crippen LogP contribution in [0.25, 0.3) is 22.0 Å². The zero-order valence-corrected chi connectivity index (χ0v) is 12.9. The second kappa shape index (κ2) is 4.91. The number of benzene rings is 2. The maximum absolute atomic E-state index is 12.3. The minimum atomic E-state index is -0.0542. The third-order valence-electron chi connectivity index (χ3n) is 3.53. The Morgan fingerprint density at radius 1 is 1.00 bits per heavy atom. The van der Waals surface area contributed by atoms with Crippen LogP contribution in [0.3, 0.4) is 0 Å². The molecule has 3 rings (SSSR count). The van der Waals surface area contributed by atoms with Gasteiger partial charge in [0.25, 0.3) is 5.56 Å². The molecule has 0 radical (unpaired) electrons. The summed E-state index contributed by atoms with van der Waals surface area (Å²) >= 11 is 3.65. The van der Waals surface area contributed by atoms with Crippen molar-refractivity contribution in [1.29, 1.82) is 0 Å². The van der Waals surface area contributed by atoms with E-state index in [0.717, 1.165) is 32.2 Å². The first-order valence-corrected chi connectivity index (χ1v) is 7.25. The van der Waals surface area contributed by atoms with Crippen LogP contribution in [-0.2, 0) is 0 Å². The summed E-state index contributed by atoms with van der Waals surface area (Å²) in [6.45, 7) is 4.07. The van der Waals surface area contributed by atoms with Crippen LogP contribution in [0.2, 0.25) is 0 Å². The molecule has 1 aromatic heterocycles. The van der Waals surface area contributed by atoms with Gasteiger partial charge in [-0.2, -0.15) is 0 Å². The number of H-pyrrole nitrogens is 1. The Bertz CT molecular complexity index is 864. The number of pyridine rings is 1. The Kier molecular flexibility index (Phi) is 3.22. The third-order valence-corrected chi connectivity index (χ3v) is 4.35. The lowest BCUT2D eigenvalue weighted by molar-refractivity contribution is 1.25. The summed E-state index contributed by atoms with van der Waals surface area (Å²) in [5.74, 6) is 0. The lowest BCUT2D eigenvalue weighted by Crippen LogP contribution is -2.08. The quantitative estimate of drug-likeness (QED) is 0.697. The van der Waals surface area contributed by atoms with E-state index >= 15 is 0 Å². The predicted molar refractivity (Wildman–Crippen MR) is 87.2 cm³/mol. The molecule has 0 unspecified atom stereocenters. The van der Waals surface area contributed by atoms with Gasteiger partial charge in [0.15, 0.2) is 0 Å². The molecular formula is C17H14BrNO. The van der Waals surface area contributed by atoms with Crippen molar-refractivity contribution in [2.75, 3.05) is 0 Å². The maximum atomic E-state index is 12.3. The van der Waals surface area contributed by atoms with Crippen LogP contribution in [0.15, 0.2) is 51.7 Å². The van der Waals surface area contributed by atoms with Crippen LogP contribution in [-0.4, -0.2) is 4.98 Å². The summed E-state index contributed by atoms with van der Waals surface area (Å²) in [5.41, 5.74) is 4.10. The van der Waals surface area contributed by atoms with Crippen molar-refractivity contribution in [1.82, 2.24) is 4.98 Å². The molecule has 0 atom stereocenters. The molecule has 0 saturated heterocycles. The molecule has 1 heterocycles. The van der Waals surface area contributed by atoms with Crippen LogP contribution < -0.4 is 5.56 Å². The fourth-order valence-electron chi connectivity index (χ4n) is 2.45. The molecule has 0 spiro atoms. The molecule has 0 amide bonds. The van der Waals surface area contributed by atoms with Gasteiger partial charge >= 0.3 is 0 Å². The van der Waals surface area contributed by atoms with Crippen LogP contribution in [0, 0.1) is 13.8 Å². The average Bonchev–Trinajstić information content (AvgIpc) is 2.43. The number of halogens is 1. The molecule has 2 nitrogen and oxygen atoms in total. The summed E-state index contributed by atoms with van der Waals surface area (Å²) in [4.78, 5) is 15.3. The van der Waals surface area contributed by atoms with Gasteiger partial charge in [-0.25, -0.2) is 0 Å². The molecule has 0 aliphatic rings. The zero-order valence-electron chi connectivity index (χ0n) is 11.3. The lowest BCUT2D eigenvalue weighted by atomic mass is 10.0. The molecule has 0 bridgehead atoms. The zero-order chi connectivity index (χ0) is 14.3. The number of hydrogen-bond acceptors (Lipinski definition) is 1. The van der Waals surface area contributed by atoms with E-state index in [0.29, 0.717) is 5.39 Å². The highest BCUT2D eigenvalue weighted by atomic mass is 79.9. The molecule has 0 fully saturated rings. The van der Waals surface area contributed by atoms with Crippen LogP contribution >= 0.6 is 15.9 Å². The molecule has 0 saturated carbocycles. The number of hydrogen-bond donors (Lipinski definition) is 1. The van der Waals surface area contributed by atoms with Gasteiger partial charge in [-0.15, -0.1) is 0 Å². The molecule has 3 aromatic rings. The molecular weight excluding hydrogens is 314 g/mol. The first-order valence-electron chi connectivity index (χ1n) is 6.46. The van der Waals surface area contributed by atoms with E-state index in [4.69, 9.17) is 0 Å². The van der Waals surface area contributed by atoms with E-state index in [1.54, 1.807) is 0 Å². The largest absolute Gasteiger partial charge is 0.320 e. The Morgan fingerprint density at radius 3 is 2.50 bits per heavy atom. The van der Waals surface area contributed by atoms with E-state index < -0.39 is 0 Å². The van der Waals surface area contributed by atoms with Crippen molar-refractivity contribution >= 4 is 26.7 Å². The van der Waals surface area contributed by atoms with Gasteiger partial charge in [0, 0.05) is 20.8 Å². The Morgan fingerprint density at radius 2 is 1.75 bits per heavy atom. The third kappa shape index (κ3) is 2.08. The van der Waals surface area contributed by atoms with Gasteiger partial charge in [-0.1, -0.05) is 42.0 Å². The highest BCUT2D eigenvalue weighted by Gasteiger charge is 2.12. The fourth-order valence-corrected chi connectivity index (χ4v) is 3.09. The fraction of sp³-hybridized carbons (Fsp3) is 0.118. The van der Waals surface area contributed by atoms with Crippen molar-refractivity contribution < 1.29 is 0 Å². The number of aromatic nitrogens is 1. The lowest BCUT2D eigenvalue weighted by Gasteiger charge is -2.11. The minimum absolute atomic E-state index is 0.0542. The van der Waals surface area contributed by atoms with E-state index in [-0.39, 0.29) is 5.56 Å². The van der Waals surface area contributed by atoms with Crippen molar-refractivity contribution in [3.8, 4) is 11.3 Å². The van der Waals surface area contributed by atoms with Crippen molar-refractivity contribution in [2.45, 2.75) is 13.8 Å². The van der Waals surface area contributed by atoms with Gasteiger partial charge in [0.2, 0.25) is 0 Å². The SMILES string of the molecule is Cc1ccc2c(=O)[nH]c(-c3ccccc3C)c(Br)c2c1. The molecule has 3 heteroatoms. The van der Waals surface area contributed by atoms with Crippen molar-refractivity contribution in [3.63, 3.8) is 0 Å². The monoisotopic (exact) mass is 327 g/mol. The van der Waals surface area contributed by atoms with Gasteiger partial charge < -0.3 is 4.98 Å². The van der Waals surface area contributed by atoms with Crippen LogP contribution in [0.1, 0.15) is 11.1 Å². The van der Waals surface area contributed by atoms with E-state index in [1.165, 1.54) is 0 Å². The van der Waals surface area contributed by atoms with E-state index in [2.05, 4.69) is 20.9 Å². The van der Waals surface area contributed by atoms with Gasteiger partial charge in [0.05, 0.1) is 5.69 Å². The Balaban J connectivity index is 2.42. The first-order chi connectivity index (χ1) is 9.58. The van der Waals surface area contributed by atoms with E-state index in [1.807, 2.05) is 56.3 Å². The molecule has 20 heavy (non-hydrogen) atoms. The van der Waals surface area contributed by atoms with Gasteiger partial charge in [-0.05, 0) is 41.4 Å². The second-order valence-corrected chi connectivity index (χ2v) is 5.80. The molecule has 0 aliphatic carbocycles. The Labute approximate surface area is 125 Å². The highest BCUT2D eigenvalue weighted by Crippen LogP contribution is 2.32. The summed E-state index contributed by atoms with van der Waals surface area (Å²) in [6, 6.07) is 13.9. The maximum Gasteiger partial charge on any atom is 0.256 e. The number of aromatic amines is 1. The number of nitrogens with one attached hydrogen (secondary N) is 1. The van der Waals surface area contributed by atoms with Crippen LogP contribution in [0.4, 0.5) is 0 Å². The second-order valence-electron chi connectivity index (χ2n) is 5.01. The Hall–Kier alpha value is -1.87. The standard InChI is InChI=1S/C17H14BrNO/c1-10-7-8-13-14(9-10)15(18)16(19-17(13)20)12-6-4-3-5-11(12)2/h3-9H,1-2H3,(H,19,20). The predicted octanol–water partition coefficient (Wildman–Crippen LogP) is 4.57. The smallest absolute Gasteiger partial charge is 0.256 e. The normalized spacial score (nSPS) is 10.9. The van der Waals surface area contributed by atoms with Crippen molar-refractivity contribution in [2.24, 2.45) is 0 Å². The van der Waals surface area contributed by atoms with Gasteiger partial charge in [0.1, 0.15) is 0 Å². The van der Waals surface area contributed by atoms with Crippen LogP contribution in [0.5, 0.6) is 0 Å². The highest BCUT2D eigenvalue weighted by molar-refractivity contribution is 9.10.